The van der Waals surface area contributed by atoms with Crippen LogP contribution in [0.25, 0.3) is 22.9 Å². The molecule has 3 aromatic rings. The Morgan fingerprint density at radius 2 is 1.81 bits per heavy atom. The van der Waals surface area contributed by atoms with E-state index in [2.05, 4.69) is 11.1 Å². The summed E-state index contributed by atoms with van der Waals surface area (Å²) >= 11 is 1.46. The van der Waals surface area contributed by atoms with Crippen LogP contribution in [-0.4, -0.2) is 18.7 Å². The first-order chi connectivity index (χ1) is 12.7. The van der Waals surface area contributed by atoms with Gasteiger partial charge in [-0.25, -0.2) is 4.98 Å². The molecule has 0 saturated heterocycles. The van der Waals surface area contributed by atoms with E-state index in [4.69, 9.17) is 9.47 Å². The van der Waals surface area contributed by atoms with E-state index in [9.17, 15) is 5.26 Å². The molecule has 0 N–H and O–H groups in total. The van der Waals surface area contributed by atoms with E-state index < -0.39 is 0 Å². The van der Waals surface area contributed by atoms with Gasteiger partial charge in [0.1, 0.15) is 22.6 Å². The molecule has 2 aromatic carbocycles. The van der Waals surface area contributed by atoms with Crippen LogP contribution in [0.3, 0.4) is 0 Å². The van der Waals surface area contributed by atoms with Crippen LogP contribution in [0.5, 0.6) is 11.5 Å². The van der Waals surface area contributed by atoms with Crippen molar-refractivity contribution in [2.75, 3.05) is 13.7 Å². The minimum Gasteiger partial charge on any atom is -0.497 e. The van der Waals surface area contributed by atoms with E-state index >= 15 is 0 Å². The van der Waals surface area contributed by atoms with Gasteiger partial charge in [-0.05, 0) is 55.0 Å². The van der Waals surface area contributed by atoms with Gasteiger partial charge < -0.3 is 9.47 Å². The van der Waals surface area contributed by atoms with Crippen LogP contribution in [0.4, 0.5) is 0 Å². The van der Waals surface area contributed by atoms with Gasteiger partial charge >= 0.3 is 0 Å². The summed E-state index contributed by atoms with van der Waals surface area (Å²) in [6.07, 6.45) is 1.83. The van der Waals surface area contributed by atoms with Gasteiger partial charge in [-0.2, -0.15) is 5.26 Å². The van der Waals surface area contributed by atoms with Crippen molar-refractivity contribution in [2.24, 2.45) is 0 Å². The van der Waals surface area contributed by atoms with E-state index in [1.54, 1.807) is 7.11 Å². The van der Waals surface area contributed by atoms with Gasteiger partial charge in [0.05, 0.1) is 25.0 Å². The Morgan fingerprint density at radius 1 is 1.12 bits per heavy atom. The molecule has 4 nitrogen and oxygen atoms in total. The fourth-order valence-corrected chi connectivity index (χ4v) is 3.22. The van der Waals surface area contributed by atoms with Crippen LogP contribution in [0, 0.1) is 11.3 Å². The number of methoxy groups -OCH3 is 1. The minimum atomic E-state index is 0.539. The van der Waals surface area contributed by atoms with Crippen LogP contribution in [0.15, 0.2) is 53.9 Å². The Labute approximate surface area is 157 Å². The number of hydrogen-bond acceptors (Lipinski definition) is 5. The van der Waals surface area contributed by atoms with Crippen molar-refractivity contribution >= 4 is 23.0 Å². The fourth-order valence-electron chi connectivity index (χ4n) is 2.43. The summed E-state index contributed by atoms with van der Waals surface area (Å²) in [5.74, 6) is 1.62. The van der Waals surface area contributed by atoms with Crippen LogP contribution in [0.1, 0.15) is 17.5 Å². The third-order valence-electron chi connectivity index (χ3n) is 3.74. The number of nitriles is 1. The zero-order valence-electron chi connectivity index (χ0n) is 14.6. The number of hydrogen-bond donors (Lipinski definition) is 0. The van der Waals surface area contributed by atoms with Crippen molar-refractivity contribution in [3.05, 3.63) is 64.5 Å². The van der Waals surface area contributed by atoms with E-state index in [1.807, 2.05) is 66.9 Å². The Hall–Kier alpha value is -3.10. The summed E-state index contributed by atoms with van der Waals surface area (Å²) in [4.78, 5) is 4.62. The number of rotatable bonds is 6. The monoisotopic (exact) mass is 362 g/mol. The fraction of sp³-hybridized carbons (Fsp3) is 0.143. The number of thiazole rings is 1. The summed E-state index contributed by atoms with van der Waals surface area (Å²) in [7, 11) is 1.63. The first-order valence-corrected chi connectivity index (χ1v) is 9.06. The van der Waals surface area contributed by atoms with Crippen molar-refractivity contribution in [1.29, 1.82) is 5.26 Å². The summed E-state index contributed by atoms with van der Waals surface area (Å²) in [6, 6.07) is 17.6. The number of allylic oxidation sites excluding steroid dienone is 1. The maximum atomic E-state index is 9.52. The van der Waals surface area contributed by atoms with Crippen molar-refractivity contribution in [1.82, 2.24) is 4.98 Å². The highest BCUT2D eigenvalue weighted by Crippen LogP contribution is 2.28. The van der Waals surface area contributed by atoms with E-state index in [0.717, 1.165) is 28.3 Å². The minimum absolute atomic E-state index is 0.539. The second-order valence-corrected chi connectivity index (χ2v) is 6.30. The summed E-state index contributed by atoms with van der Waals surface area (Å²) in [5, 5.41) is 12.2. The third kappa shape index (κ3) is 4.11. The normalized spacial score (nSPS) is 11.0. The van der Waals surface area contributed by atoms with Gasteiger partial charge in [0.25, 0.3) is 0 Å². The van der Waals surface area contributed by atoms with Crippen molar-refractivity contribution < 1.29 is 9.47 Å². The van der Waals surface area contributed by atoms with Gasteiger partial charge in [-0.3, -0.25) is 0 Å². The number of nitrogens with zero attached hydrogens (tertiary/aromatic N) is 2. The molecular weight excluding hydrogens is 344 g/mol. The zero-order chi connectivity index (χ0) is 18.4. The SMILES string of the molecule is CCOc1ccc(-c2csc(/C(C#N)=C/c3ccc(OC)cc3)n2)cc1. The molecule has 0 aliphatic carbocycles. The maximum absolute atomic E-state index is 9.52. The van der Waals surface area contributed by atoms with E-state index in [1.165, 1.54) is 11.3 Å². The molecule has 5 heteroatoms. The Balaban J connectivity index is 1.84. The molecular formula is C21H18N2O2S. The lowest BCUT2D eigenvalue weighted by Crippen LogP contribution is -1.90. The van der Waals surface area contributed by atoms with E-state index in [-0.39, 0.29) is 0 Å². The predicted octanol–water partition coefficient (Wildman–Crippen LogP) is 5.28. The predicted molar refractivity (Wildman–Crippen MR) is 105 cm³/mol. The Morgan fingerprint density at radius 3 is 2.42 bits per heavy atom. The molecule has 3 rings (SSSR count). The van der Waals surface area contributed by atoms with Crippen molar-refractivity contribution in [3.63, 3.8) is 0 Å². The molecule has 0 amide bonds. The Bertz CT molecular complexity index is 935. The topological polar surface area (TPSA) is 55.1 Å². The average Bonchev–Trinajstić information content (AvgIpc) is 3.17. The third-order valence-corrected chi connectivity index (χ3v) is 4.62. The lowest BCUT2D eigenvalue weighted by Gasteiger charge is -2.03. The molecule has 0 unspecified atom stereocenters. The largest absolute Gasteiger partial charge is 0.497 e. The number of ether oxygens (including phenoxy) is 2. The van der Waals surface area contributed by atoms with Crippen LogP contribution in [-0.2, 0) is 0 Å². The highest BCUT2D eigenvalue weighted by Gasteiger charge is 2.09. The quantitative estimate of drug-likeness (QED) is 0.560. The average molecular weight is 362 g/mol. The van der Waals surface area contributed by atoms with Gasteiger partial charge in [-0.1, -0.05) is 12.1 Å². The van der Waals surface area contributed by atoms with Crippen molar-refractivity contribution in [3.8, 4) is 28.8 Å². The summed E-state index contributed by atoms with van der Waals surface area (Å²) in [6.45, 7) is 2.60. The van der Waals surface area contributed by atoms with Gasteiger partial charge in [0.2, 0.25) is 0 Å². The lowest BCUT2D eigenvalue weighted by atomic mass is 10.1. The molecule has 0 bridgehead atoms. The summed E-state index contributed by atoms with van der Waals surface area (Å²) < 4.78 is 10.6. The van der Waals surface area contributed by atoms with Gasteiger partial charge in [0.15, 0.2) is 0 Å². The molecule has 1 aromatic heterocycles. The van der Waals surface area contributed by atoms with Gasteiger partial charge in [-0.15, -0.1) is 11.3 Å². The lowest BCUT2D eigenvalue weighted by molar-refractivity contribution is 0.340. The molecule has 0 saturated carbocycles. The molecule has 0 atom stereocenters. The van der Waals surface area contributed by atoms with Crippen molar-refractivity contribution in [2.45, 2.75) is 6.92 Å². The molecule has 0 radical (unpaired) electrons. The van der Waals surface area contributed by atoms with E-state index in [0.29, 0.717) is 17.2 Å². The highest BCUT2D eigenvalue weighted by atomic mass is 32.1. The first-order valence-electron chi connectivity index (χ1n) is 8.18. The molecule has 1 heterocycles. The number of aromatic nitrogens is 1. The standard InChI is InChI=1S/C21H18N2O2S/c1-3-25-19-10-6-16(7-11-19)20-14-26-21(23-20)17(13-22)12-15-4-8-18(24-2)9-5-15/h4-12,14H,3H2,1-2H3/b17-12+. The highest BCUT2D eigenvalue weighted by molar-refractivity contribution is 7.11. The maximum Gasteiger partial charge on any atom is 0.134 e. The first kappa shape index (κ1) is 17.7. The molecule has 0 aliphatic heterocycles. The van der Waals surface area contributed by atoms with Gasteiger partial charge in [0, 0.05) is 10.9 Å². The smallest absolute Gasteiger partial charge is 0.134 e. The second kappa shape index (κ2) is 8.32. The summed E-state index contributed by atoms with van der Waals surface area (Å²) in [5.41, 5.74) is 3.32. The van der Waals surface area contributed by atoms with Crippen LogP contribution in [0.2, 0.25) is 0 Å². The number of benzene rings is 2. The zero-order valence-corrected chi connectivity index (χ0v) is 15.4. The van der Waals surface area contributed by atoms with Crippen LogP contribution >= 0.6 is 11.3 Å². The molecule has 0 fully saturated rings. The van der Waals surface area contributed by atoms with Crippen LogP contribution < -0.4 is 9.47 Å². The molecule has 26 heavy (non-hydrogen) atoms. The second-order valence-electron chi connectivity index (χ2n) is 5.44. The Kier molecular flexibility index (Phi) is 5.67. The molecule has 0 spiro atoms. The molecule has 0 aliphatic rings. The molecule has 130 valence electrons.